The molecule has 1 aromatic rings. The zero-order chi connectivity index (χ0) is 22.2. The van der Waals surface area contributed by atoms with E-state index in [-0.39, 0.29) is 5.69 Å². The number of carbonyl (C=O) groups is 2. The average Bonchev–Trinajstić information content (AvgIpc) is 2.70. The molecule has 1 amide bonds. The summed E-state index contributed by atoms with van der Waals surface area (Å²) in [6.07, 6.45) is 20.9. The minimum Gasteiger partial charge on any atom is -0.476 e. The SMILES string of the molecule is CCCCCCCCC=CCCCCCCC(C(=O)O)[n+]1cc(F)nc(C(N)=O)c1. The Balaban J connectivity index is 2.23. The standard InChI is InChI=1S/C23H36FN3O3/c1-2-3-4-5-6-7-8-9-10-11-12-13-14-15-16-20(23(29)30)27-17-19(22(25)28)26-21(24)18-27/h9-10,17-18,20H,2-8,11-16H2,1H3,(H2-,25,28,29,30)/p+1. The van der Waals surface area contributed by atoms with Crippen LogP contribution in [0.5, 0.6) is 0 Å². The van der Waals surface area contributed by atoms with E-state index in [1.165, 1.54) is 49.3 Å². The van der Waals surface area contributed by atoms with Crippen LogP contribution in [0.2, 0.25) is 0 Å². The van der Waals surface area contributed by atoms with Crippen LogP contribution in [0.25, 0.3) is 0 Å². The third kappa shape index (κ3) is 11.0. The Bertz CT molecular complexity index is 680. The molecule has 0 saturated carbocycles. The van der Waals surface area contributed by atoms with Crippen molar-refractivity contribution in [3.63, 3.8) is 0 Å². The number of rotatable bonds is 17. The van der Waals surface area contributed by atoms with Crippen molar-refractivity contribution < 1.29 is 23.7 Å². The second-order valence-electron chi connectivity index (χ2n) is 7.76. The Morgan fingerprint density at radius 1 is 1.03 bits per heavy atom. The Morgan fingerprint density at radius 3 is 2.17 bits per heavy atom. The van der Waals surface area contributed by atoms with Crippen molar-refractivity contribution >= 4 is 11.9 Å². The molecule has 6 nitrogen and oxygen atoms in total. The first-order valence-corrected chi connectivity index (χ1v) is 11.2. The number of unbranched alkanes of at least 4 members (excludes halogenated alkanes) is 10. The van der Waals surface area contributed by atoms with Crippen LogP contribution in [-0.4, -0.2) is 22.0 Å². The zero-order valence-corrected chi connectivity index (χ0v) is 18.2. The lowest BCUT2D eigenvalue weighted by atomic mass is 10.1. The van der Waals surface area contributed by atoms with Gasteiger partial charge in [-0.15, -0.1) is 0 Å². The summed E-state index contributed by atoms with van der Waals surface area (Å²) in [7, 11) is 0. The van der Waals surface area contributed by atoms with E-state index in [0.717, 1.165) is 38.3 Å². The fraction of sp³-hybridized carbons (Fsp3) is 0.652. The van der Waals surface area contributed by atoms with Gasteiger partial charge in [0.25, 0.3) is 17.9 Å². The fourth-order valence-electron chi connectivity index (χ4n) is 3.40. The van der Waals surface area contributed by atoms with E-state index < -0.39 is 23.9 Å². The van der Waals surface area contributed by atoms with Crippen molar-refractivity contribution in [2.24, 2.45) is 5.73 Å². The Hall–Kier alpha value is -2.31. The summed E-state index contributed by atoms with van der Waals surface area (Å²) in [5, 5.41) is 9.46. The average molecular weight is 423 g/mol. The van der Waals surface area contributed by atoms with Crippen molar-refractivity contribution in [2.45, 2.75) is 96.4 Å². The third-order valence-corrected chi connectivity index (χ3v) is 5.14. The zero-order valence-electron chi connectivity index (χ0n) is 18.2. The van der Waals surface area contributed by atoms with Gasteiger partial charge in [0.15, 0.2) is 5.69 Å². The van der Waals surface area contributed by atoms with Crippen LogP contribution in [0.1, 0.15) is 107 Å². The molecule has 168 valence electrons. The molecule has 0 aliphatic rings. The van der Waals surface area contributed by atoms with Gasteiger partial charge >= 0.3 is 5.97 Å². The third-order valence-electron chi connectivity index (χ3n) is 5.14. The lowest BCUT2D eigenvalue weighted by Crippen LogP contribution is -2.45. The Kier molecular flexibility index (Phi) is 13.3. The van der Waals surface area contributed by atoms with Gasteiger partial charge in [0.05, 0.1) is 0 Å². The highest BCUT2D eigenvalue weighted by atomic mass is 19.1. The van der Waals surface area contributed by atoms with Crippen LogP contribution in [0.4, 0.5) is 4.39 Å². The van der Waals surface area contributed by atoms with E-state index in [4.69, 9.17) is 5.73 Å². The molecule has 0 spiro atoms. The first-order valence-electron chi connectivity index (χ1n) is 11.2. The van der Waals surface area contributed by atoms with Crippen LogP contribution in [0.3, 0.4) is 0 Å². The molecule has 1 aromatic heterocycles. The van der Waals surface area contributed by atoms with Gasteiger partial charge in [0.2, 0.25) is 12.4 Å². The van der Waals surface area contributed by atoms with E-state index in [0.29, 0.717) is 12.8 Å². The highest BCUT2D eigenvalue weighted by Gasteiger charge is 2.28. The predicted octanol–water partition coefficient (Wildman–Crippen LogP) is 4.88. The van der Waals surface area contributed by atoms with Gasteiger partial charge in [-0.25, -0.2) is 9.78 Å². The molecular weight excluding hydrogens is 385 g/mol. The molecule has 7 heteroatoms. The number of primary amides is 1. The van der Waals surface area contributed by atoms with Gasteiger partial charge in [0, 0.05) is 6.42 Å². The molecule has 3 N–H and O–H groups in total. The molecule has 0 fully saturated rings. The number of carboxylic acid groups (broad SMARTS) is 1. The van der Waals surface area contributed by atoms with Crippen molar-refractivity contribution in [2.75, 3.05) is 0 Å². The molecule has 1 heterocycles. The normalized spacial score (nSPS) is 12.3. The maximum atomic E-state index is 13.6. The first-order chi connectivity index (χ1) is 14.5. The van der Waals surface area contributed by atoms with Gasteiger partial charge in [-0.1, -0.05) is 64.0 Å². The predicted molar refractivity (Wildman–Crippen MR) is 114 cm³/mol. The number of amides is 1. The number of allylic oxidation sites excluding steroid dienone is 2. The summed E-state index contributed by atoms with van der Waals surface area (Å²) >= 11 is 0. The van der Waals surface area contributed by atoms with Crippen molar-refractivity contribution in [3.8, 4) is 0 Å². The van der Waals surface area contributed by atoms with Crippen molar-refractivity contribution in [1.82, 2.24) is 4.98 Å². The largest absolute Gasteiger partial charge is 0.476 e. The second-order valence-corrected chi connectivity index (χ2v) is 7.76. The lowest BCUT2D eigenvalue weighted by Gasteiger charge is -2.08. The molecule has 0 aromatic carbocycles. The summed E-state index contributed by atoms with van der Waals surface area (Å²) in [5.74, 6) is -2.89. The van der Waals surface area contributed by atoms with Gasteiger partial charge in [-0.3, -0.25) is 4.79 Å². The number of hydrogen-bond donors (Lipinski definition) is 2. The summed E-state index contributed by atoms with van der Waals surface area (Å²) in [4.78, 5) is 26.2. The number of nitrogens with zero attached hydrogens (tertiary/aromatic N) is 2. The van der Waals surface area contributed by atoms with Crippen molar-refractivity contribution in [3.05, 3.63) is 36.2 Å². The van der Waals surface area contributed by atoms with E-state index in [1.54, 1.807) is 0 Å². The van der Waals surface area contributed by atoms with Crippen LogP contribution in [0, 0.1) is 5.95 Å². The molecule has 0 aliphatic heterocycles. The quantitative estimate of drug-likeness (QED) is 0.212. The van der Waals surface area contributed by atoms with Gasteiger partial charge < -0.3 is 10.8 Å². The number of carbonyl (C=O) groups excluding carboxylic acids is 1. The number of carboxylic acids is 1. The molecule has 30 heavy (non-hydrogen) atoms. The van der Waals surface area contributed by atoms with Gasteiger partial charge in [0.1, 0.15) is 0 Å². The molecule has 0 bridgehead atoms. The monoisotopic (exact) mass is 422 g/mol. The van der Waals surface area contributed by atoms with E-state index in [1.807, 2.05) is 0 Å². The number of aromatic nitrogens is 2. The second kappa shape index (κ2) is 15.5. The van der Waals surface area contributed by atoms with Crippen LogP contribution in [0.15, 0.2) is 24.5 Å². The molecule has 1 unspecified atom stereocenters. The molecule has 0 radical (unpaired) electrons. The molecule has 0 saturated heterocycles. The van der Waals surface area contributed by atoms with Crippen molar-refractivity contribution in [1.29, 1.82) is 0 Å². The number of halogens is 1. The van der Waals surface area contributed by atoms with Crippen LogP contribution < -0.4 is 10.3 Å². The number of aliphatic carboxylic acids is 1. The van der Waals surface area contributed by atoms with Gasteiger partial charge in [-0.05, 0) is 32.1 Å². The van der Waals surface area contributed by atoms with Crippen LogP contribution in [-0.2, 0) is 4.79 Å². The van der Waals surface area contributed by atoms with Crippen LogP contribution >= 0.6 is 0 Å². The summed E-state index contributed by atoms with van der Waals surface area (Å²) in [6.45, 7) is 2.23. The Labute approximate surface area is 179 Å². The van der Waals surface area contributed by atoms with E-state index in [9.17, 15) is 19.1 Å². The highest BCUT2D eigenvalue weighted by Crippen LogP contribution is 2.13. The van der Waals surface area contributed by atoms with E-state index in [2.05, 4.69) is 24.1 Å². The molecule has 0 aliphatic carbocycles. The molecule has 1 rings (SSSR count). The molecular formula is C23H37FN3O3+. The summed E-state index contributed by atoms with van der Waals surface area (Å²) in [6, 6.07) is -0.946. The minimum absolute atomic E-state index is 0.283. The lowest BCUT2D eigenvalue weighted by molar-refractivity contribution is -0.713. The van der Waals surface area contributed by atoms with Gasteiger partial charge in [-0.2, -0.15) is 8.96 Å². The maximum absolute atomic E-state index is 13.6. The fourth-order valence-corrected chi connectivity index (χ4v) is 3.40. The highest BCUT2D eigenvalue weighted by molar-refractivity contribution is 5.90. The minimum atomic E-state index is -1.07. The molecule has 1 atom stereocenters. The smallest absolute Gasteiger partial charge is 0.373 e. The Morgan fingerprint density at radius 2 is 1.60 bits per heavy atom. The number of hydrogen-bond acceptors (Lipinski definition) is 3. The first kappa shape index (κ1) is 25.7. The number of nitrogens with two attached hydrogens (primary N) is 1. The summed E-state index contributed by atoms with van der Waals surface area (Å²) < 4.78 is 14.8. The maximum Gasteiger partial charge on any atom is 0.373 e. The van der Waals surface area contributed by atoms with E-state index >= 15 is 0 Å². The topological polar surface area (TPSA) is 97.2 Å². The summed E-state index contributed by atoms with van der Waals surface area (Å²) in [5.41, 5.74) is 4.84.